The van der Waals surface area contributed by atoms with E-state index in [0.717, 1.165) is 36.5 Å². The number of amides is 1. The number of carbonyl (C=O) groups excluding carboxylic acids is 1. The Morgan fingerprint density at radius 2 is 2.43 bits per heavy atom. The number of H-pyrrole nitrogens is 1. The summed E-state index contributed by atoms with van der Waals surface area (Å²) >= 11 is 6.31. The van der Waals surface area contributed by atoms with Gasteiger partial charge >= 0.3 is 6.09 Å². The summed E-state index contributed by atoms with van der Waals surface area (Å²) in [6, 6.07) is 3.67. The molecule has 1 aliphatic rings. The van der Waals surface area contributed by atoms with E-state index in [4.69, 9.17) is 11.6 Å². The van der Waals surface area contributed by atoms with Crippen LogP contribution in [0.5, 0.6) is 0 Å². The van der Waals surface area contributed by atoms with Crippen molar-refractivity contribution < 1.29 is 9.53 Å². The Kier molecular flexibility index (Phi) is 3.70. The van der Waals surface area contributed by atoms with Crippen molar-refractivity contribution in [3.8, 4) is 0 Å². The first-order chi connectivity index (χ1) is 10.2. The van der Waals surface area contributed by atoms with Gasteiger partial charge in [0.2, 0.25) is 0 Å². The van der Waals surface area contributed by atoms with E-state index in [1.165, 1.54) is 7.11 Å². The summed E-state index contributed by atoms with van der Waals surface area (Å²) in [7, 11) is 1.33. The number of nitrogens with zero attached hydrogens (tertiary/aromatic N) is 2. The van der Waals surface area contributed by atoms with Gasteiger partial charge in [-0.05, 0) is 24.1 Å². The zero-order chi connectivity index (χ0) is 14.8. The van der Waals surface area contributed by atoms with Crippen molar-refractivity contribution in [1.82, 2.24) is 9.97 Å². The number of imidazole rings is 1. The van der Waals surface area contributed by atoms with Crippen molar-refractivity contribution in [3.63, 3.8) is 0 Å². The quantitative estimate of drug-likeness (QED) is 0.915. The first-order valence-corrected chi connectivity index (χ1v) is 6.95. The Hall–Kier alpha value is -2.21. The Morgan fingerprint density at radius 1 is 1.57 bits per heavy atom. The summed E-state index contributed by atoms with van der Waals surface area (Å²) in [4.78, 5) is 20.6. The van der Waals surface area contributed by atoms with Gasteiger partial charge < -0.3 is 14.6 Å². The molecule has 2 N–H and O–H groups in total. The first kappa shape index (κ1) is 13.8. The molecule has 0 radical (unpaired) electrons. The fraction of sp³-hybridized carbons (Fsp3) is 0.286. The Labute approximate surface area is 127 Å². The fourth-order valence-electron chi connectivity index (χ4n) is 2.50. The van der Waals surface area contributed by atoms with E-state index in [2.05, 4.69) is 24.9 Å². The topological polar surface area (TPSA) is 70.2 Å². The smallest absolute Gasteiger partial charge is 0.411 e. The van der Waals surface area contributed by atoms with Gasteiger partial charge in [-0.15, -0.1) is 0 Å². The van der Waals surface area contributed by atoms with Crippen molar-refractivity contribution in [1.29, 1.82) is 0 Å². The lowest BCUT2D eigenvalue weighted by Gasteiger charge is -2.19. The number of carbonyl (C=O) groups is 1. The third-order valence-electron chi connectivity index (χ3n) is 3.49. The molecular weight excluding hydrogens is 292 g/mol. The van der Waals surface area contributed by atoms with Gasteiger partial charge in [0.1, 0.15) is 0 Å². The molecule has 0 bridgehead atoms. The van der Waals surface area contributed by atoms with E-state index in [0.29, 0.717) is 10.7 Å². The highest BCUT2D eigenvalue weighted by atomic mass is 35.5. The van der Waals surface area contributed by atoms with Crippen molar-refractivity contribution in [2.24, 2.45) is 0 Å². The van der Waals surface area contributed by atoms with Crippen LogP contribution in [0.25, 0.3) is 0 Å². The molecule has 2 heterocycles. The normalized spacial score (nSPS) is 13.1. The van der Waals surface area contributed by atoms with Crippen LogP contribution in [0.1, 0.15) is 11.3 Å². The van der Waals surface area contributed by atoms with Gasteiger partial charge in [0, 0.05) is 29.1 Å². The number of hydrogen-bond donors (Lipinski definition) is 2. The molecule has 1 aromatic carbocycles. The lowest BCUT2D eigenvalue weighted by Crippen LogP contribution is -2.20. The van der Waals surface area contributed by atoms with E-state index in [1.54, 1.807) is 18.6 Å². The minimum atomic E-state index is -0.510. The number of hydrogen-bond acceptors (Lipinski definition) is 4. The maximum Gasteiger partial charge on any atom is 0.411 e. The average Bonchev–Trinajstić information content (AvgIpc) is 3.10. The lowest BCUT2D eigenvalue weighted by atomic mass is 10.1. The summed E-state index contributed by atoms with van der Waals surface area (Å²) in [6.45, 7) is 1.61. The molecule has 1 aliphatic heterocycles. The SMILES string of the molecule is COC(=O)Nc1cc(Cl)c2c(c1)N(Cc1cnc[nH]1)CC2. The second-order valence-electron chi connectivity index (χ2n) is 4.82. The van der Waals surface area contributed by atoms with Gasteiger partial charge in [0.15, 0.2) is 0 Å². The molecule has 0 aliphatic carbocycles. The van der Waals surface area contributed by atoms with Gasteiger partial charge in [-0.2, -0.15) is 0 Å². The number of benzene rings is 1. The van der Waals surface area contributed by atoms with Crippen LogP contribution < -0.4 is 10.2 Å². The predicted octanol–water partition coefficient (Wildman–Crippen LogP) is 2.80. The van der Waals surface area contributed by atoms with Gasteiger partial charge in [-0.1, -0.05) is 11.6 Å². The average molecular weight is 307 g/mol. The molecule has 110 valence electrons. The Bertz CT molecular complexity index is 657. The summed E-state index contributed by atoms with van der Waals surface area (Å²) < 4.78 is 4.61. The second kappa shape index (κ2) is 5.65. The largest absolute Gasteiger partial charge is 0.453 e. The highest BCUT2D eigenvalue weighted by Crippen LogP contribution is 2.37. The molecule has 6 nitrogen and oxygen atoms in total. The van der Waals surface area contributed by atoms with E-state index in [-0.39, 0.29) is 0 Å². The van der Waals surface area contributed by atoms with Crippen LogP contribution in [0.15, 0.2) is 24.7 Å². The number of halogens is 1. The number of nitrogens with one attached hydrogen (secondary N) is 2. The zero-order valence-electron chi connectivity index (χ0n) is 11.5. The number of methoxy groups -OCH3 is 1. The summed E-state index contributed by atoms with van der Waals surface area (Å²) in [5.74, 6) is 0. The van der Waals surface area contributed by atoms with Crippen molar-refractivity contribution in [2.45, 2.75) is 13.0 Å². The molecule has 0 unspecified atom stereocenters. The maximum absolute atomic E-state index is 11.3. The monoisotopic (exact) mass is 306 g/mol. The van der Waals surface area contributed by atoms with Crippen molar-refractivity contribution in [2.75, 3.05) is 23.9 Å². The van der Waals surface area contributed by atoms with Crippen LogP contribution in [0.2, 0.25) is 5.02 Å². The van der Waals surface area contributed by atoms with Crippen LogP contribution in [-0.4, -0.2) is 29.7 Å². The number of aromatic nitrogens is 2. The number of ether oxygens (including phenoxy) is 1. The predicted molar refractivity (Wildman–Crippen MR) is 80.8 cm³/mol. The molecule has 1 amide bonds. The van der Waals surface area contributed by atoms with Crippen LogP contribution in [0, 0.1) is 0 Å². The van der Waals surface area contributed by atoms with Crippen molar-refractivity contribution >= 4 is 29.1 Å². The second-order valence-corrected chi connectivity index (χ2v) is 5.23. The first-order valence-electron chi connectivity index (χ1n) is 6.57. The van der Waals surface area contributed by atoms with Crippen LogP contribution in [0.3, 0.4) is 0 Å². The summed E-state index contributed by atoms with van der Waals surface area (Å²) in [5, 5.41) is 3.31. The molecule has 0 saturated carbocycles. The van der Waals surface area contributed by atoms with E-state index in [9.17, 15) is 4.79 Å². The zero-order valence-corrected chi connectivity index (χ0v) is 12.3. The third kappa shape index (κ3) is 2.80. The lowest BCUT2D eigenvalue weighted by molar-refractivity contribution is 0.187. The van der Waals surface area contributed by atoms with Gasteiger partial charge in [-0.25, -0.2) is 9.78 Å². The fourth-order valence-corrected chi connectivity index (χ4v) is 2.81. The number of rotatable bonds is 3. The molecule has 7 heteroatoms. The van der Waals surface area contributed by atoms with Gasteiger partial charge in [-0.3, -0.25) is 5.32 Å². The minimum absolute atomic E-state index is 0.510. The van der Waals surface area contributed by atoms with Gasteiger partial charge in [0.05, 0.1) is 25.7 Å². The molecule has 3 rings (SSSR count). The van der Waals surface area contributed by atoms with Crippen molar-refractivity contribution in [3.05, 3.63) is 40.9 Å². The molecular formula is C14H15ClN4O2. The molecule has 0 spiro atoms. The van der Waals surface area contributed by atoms with Gasteiger partial charge in [0.25, 0.3) is 0 Å². The Morgan fingerprint density at radius 3 is 3.14 bits per heavy atom. The van der Waals surface area contributed by atoms with E-state index >= 15 is 0 Å². The minimum Gasteiger partial charge on any atom is -0.453 e. The molecule has 0 atom stereocenters. The summed E-state index contributed by atoms with van der Waals surface area (Å²) in [5.41, 5.74) is 3.79. The van der Waals surface area contributed by atoms with E-state index < -0.39 is 6.09 Å². The molecule has 1 aromatic heterocycles. The molecule has 2 aromatic rings. The van der Waals surface area contributed by atoms with E-state index in [1.807, 2.05) is 6.07 Å². The summed E-state index contributed by atoms with van der Waals surface area (Å²) in [6.07, 6.45) is 3.84. The maximum atomic E-state index is 11.3. The third-order valence-corrected chi connectivity index (χ3v) is 3.83. The van der Waals surface area contributed by atoms with Crippen LogP contribution in [0.4, 0.5) is 16.2 Å². The molecule has 0 fully saturated rings. The molecule has 0 saturated heterocycles. The highest BCUT2D eigenvalue weighted by molar-refractivity contribution is 6.32. The van der Waals surface area contributed by atoms with Crippen LogP contribution >= 0.6 is 11.6 Å². The van der Waals surface area contributed by atoms with Crippen LogP contribution in [-0.2, 0) is 17.7 Å². The molecule has 21 heavy (non-hydrogen) atoms. The standard InChI is InChI=1S/C14H15ClN4O2/c1-21-14(20)18-9-4-12(15)11-2-3-19(13(11)5-9)7-10-6-16-8-17-10/h4-6,8H,2-3,7H2,1H3,(H,16,17)(H,18,20). The highest BCUT2D eigenvalue weighted by Gasteiger charge is 2.23. The number of fused-ring (bicyclic) bond motifs is 1. The Balaban J connectivity index is 1.87. The number of anilines is 2. The number of aromatic amines is 1.